The molecule has 0 unspecified atom stereocenters. The average molecular weight is 270 g/mol. The predicted molar refractivity (Wildman–Crippen MR) is 75.1 cm³/mol. The summed E-state index contributed by atoms with van der Waals surface area (Å²) in [6.07, 6.45) is 0. The van der Waals surface area contributed by atoms with Gasteiger partial charge in [0.25, 0.3) is 0 Å². The quantitative estimate of drug-likeness (QED) is 0.902. The van der Waals surface area contributed by atoms with E-state index >= 15 is 0 Å². The summed E-state index contributed by atoms with van der Waals surface area (Å²) in [6, 6.07) is 9.50. The van der Waals surface area contributed by atoms with Gasteiger partial charge in [0.1, 0.15) is 0 Å². The number of methoxy groups -OCH3 is 1. The predicted octanol–water partition coefficient (Wildman–Crippen LogP) is 1.56. The van der Waals surface area contributed by atoms with Gasteiger partial charge in [0.2, 0.25) is 11.9 Å². The highest BCUT2D eigenvalue weighted by Crippen LogP contribution is 2.23. The smallest absolute Gasteiger partial charge is 0.322 e. The fraction of sp³-hybridized carbons (Fsp3) is 0.231. The Bertz CT molecular complexity index is 629. The summed E-state index contributed by atoms with van der Waals surface area (Å²) < 4.78 is 5.05. The van der Waals surface area contributed by atoms with Gasteiger partial charge in [0, 0.05) is 19.8 Å². The molecule has 0 amide bonds. The Labute approximate surface area is 116 Å². The van der Waals surface area contributed by atoms with Crippen molar-refractivity contribution in [1.82, 2.24) is 15.0 Å². The molecule has 1 heterocycles. The van der Waals surface area contributed by atoms with E-state index in [4.69, 9.17) is 10.00 Å². The number of nitriles is 1. The molecular formula is C13H14N6O. The van der Waals surface area contributed by atoms with Crippen molar-refractivity contribution in [3.05, 3.63) is 29.8 Å². The zero-order valence-electron chi connectivity index (χ0n) is 11.5. The Morgan fingerprint density at radius 3 is 2.75 bits per heavy atom. The highest BCUT2D eigenvalue weighted by atomic mass is 16.5. The number of nitrogens with zero attached hydrogens (tertiary/aromatic N) is 5. The molecule has 0 aliphatic heterocycles. The van der Waals surface area contributed by atoms with E-state index in [-0.39, 0.29) is 6.01 Å². The monoisotopic (exact) mass is 270 g/mol. The van der Waals surface area contributed by atoms with Crippen LogP contribution in [0.1, 0.15) is 5.56 Å². The highest BCUT2D eigenvalue weighted by Gasteiger charge is 2.12. The van der Waals surface area contributed by atoms with Crippen molar-refractivity contribution >= 4 is 17.6 Å². The molecule has 0 saturated carbocycles. The maximum absolute atomic E-state index is 8.94. The highest BCUT2D eigenvalue weighted by molar-refractivity contribution is 5.59. The van der Waals surface area contributed by atoms with Crippen molar-refractivity contribution in [3.63, 3.8) is 0 Å². The van der Waals surface area contributed by atoms with Crippen LogP contribution in [0.15, 0.2) is 24.3 Å². The van der Waals surface area contributed by atoms with Crippen molar-refractivity contribution < 1.29 is 4.74 Å². The van der Waals surface area contributed by atoms with Gasteiger partial charge in [-0.3, -0.25) is 0 Å². The Morgan fingerprint density at radius 1 is 1.30 bits per heavy atom. The molecule has 0 fully saturated rings. The van der Waals surface area contributed by atoms with Crippen LogP contribution in [0, 0.1) is 11.3 Å². The van der Waals surface area contributed by atoms with Gasteiger partial charge in [-0.2, -0.15) is 20.2 Å². The largest absolute Gasteiger partial charge is 0.467 e. The van der Waals surface area contributed by atoms with Crippen LogP contribution in [0.3, 0.4) is 0 Å². The fourth-order valence-electron chi connectivity index (χ4n) is 1.60. The first-order chi connectivity index (χ1) is 9.67. The molecule has 0 aliphatic rings. The number of benzene rings is 1. The van der Waals surface area contributed by atoms with Crippen molar-refractivity contribution in [2.24, 2.45) is 0 Å². The first-order valence-corrected chi connectivity index (χ1v) is 5.89. The summed E-state index contributed by atoms with van der Waals surface area (Å²) in [7, 11) is 5.02. The third-order valence-corrected chi connectivity index (χ3v) is 2.67. The van der Waals surface area contributed by atoms with Gasteiger partial charge in [-0.25, -0.2) is 0 Å². The third kappa shape index (κ3) is 2.75. The minimum atomic E-state index is 0.225. The molecule has 0 aliphatic carbocycles. The lowest BCUT2D eigenvalue weighted by molar-refractivity contribution is 0.379. The Morgan fingerprint density at radius 2 is 2.10 bits per heavy atom. The van der Waals surface area contributed by atoms with Crippen LogP contribution in [-0.4, -0.2) is 36.2 Å². The van der Waals surface area contributed by atoms with E-state index < -0.39 is 0 Å². The molecule has 0 spiro atoms. The normalized spacial score (nSPS) is 9.70. The van der Waals surface area contributed by atoms with E-state index in [9.17, 15) is 0 Å². The zero-order chi connectivity index (χ0) is 14.5. The average Bonchev–Trinajstić information content (AvgIpc) is 2.53. The number of nitrogens with one attached hydrogen (secondary N) is 1. The van der Waals surface area contributed by atoms with Crippen molar-refractivity contribution in [2.75, 3.05) is 31.4 Å². The SMILES string of the molecule is CNc1nc(OC)nc(N(C)c2cccc(C#N)c2)n1. The Balaban J connectivity index is 2.41. The molecule has 20 heavy (non-hydrogen) atoms. The van der Waals surface area contributed by atoms with Crippen molar-refractivity contribution in [2.45, 2.75) is 0 Å². The van der Waals surface area contributed by atoms with Crippen LogP contribution in [-0.2, 0) is 0 Å². The molecule has 1 aromatic heterocycles. The maximum Gasteiger partial charge on any atom is 0.322 e. The van der Waals surface area contributed by atoms with Gasteiger partial charge in [0.05, 0.1) is 18.7 Å². The molecule has 0 saturated heterocycles. The summed E-state index contributed by atoms with van der Waals surface area (Å²) in [6.45, 7) is 0. The lowest BCUT2D eigenvalue weighted by Gasteiger charge is -2.18. The Kier molecular flexibility index (Phi) is 3.96. The van der Waals surface area contributed by atoms with Gasteiger partial charge in [-0.05, 0) is 18.2 Å². The lowest BCUT2D eigenvalue weighted by atomic mass is 10.2. The van der Waals surface area contributed by atoms with E-state index in [1.807, 2.05) is 19.2 Å². The lowest BCUT2D eigenvalue weighted by Crippen LogP contribution is -2.15. The summed E-state index contributed by atoms with van der Waals surface area (Å²) in [5.41, 5.74) is 1.38. The molecule has 0 atom stereocenters. The maximum atomic E-state index is 8.94. The zero-order valence-corrected chi connectivity index (χ0v) is 11.5. The number of hydrogen-bond acceptors (Lipinski definition) is 7. The van der Waals surface area contributed by atoms with Crippen LogP contribution in [0.5, 0.6) is 6.01 Å². The van der Waals surface area contributed by atoms with Crippen LogP contribution >= 0.6 is 0 Å². The van der Waals surface area contributed by atoms with Crippen molar-refractivity contribution in [1.29, 1.82) is 5.26 Å². The summed E-state index contributed by atoms with van der Waals surface area (Å²) in [4.78, 5) is 14.3. The minimum absolute atomic E-state index is 0.225. The second-order valence-electron chi connectivity index (χ2n) is 3.92. The van der Waals surface area contributed by atoms with Crippen LogP contribution in [0.2, 0.25) is 0 Å². The standard InChI is InChI=1S/C13H14N6O/c1-15-11-16-12(18-13(17-11)20-3)19(2)10-6-4-5-9(7-10)8-14/h4-7H,1-3H3,(H,15,16,17,18). The van der Waals surface area contributed by atoms with E-state index in [1.165, 1.54) is 7.11 Å². The molecule has 2 rings (SSSR count). The van der Waals surface area contributed by atoms with Gasteiger partial charge in [0.15, 0.2) is 0 Å². The van der Waals surface area contributed by atoms with Crippen LogP contribution in [0.25, 0.3) is 0 Å². The molecule has 102 valence electrons. The first-order valence-electron chi connectivity index (χ1n) is 5.89. The molecule has 1 aromatic carbocycles. The summed E-state index contributed by atoms with van der Waals surface area (Å²) in [5.74, 6) is 0.839. The fourth-order valence-corrected chi connectivity index (χ4v) is 1.60. The third-order valence-electron chi connectivity index (χ3n) is 2.67. The number of rotatable bonds is 4. The molecule has 0 radical (unpaired) electrons. The van der Waals surface area contributed by atoms with E-state index in [2.05, 4.69) is 26.3 Å². The van der Waals surface area contributed by atoms with Gasteiger partial charge >= 0.3 is 6.01 Å². The number of hydrogen-bond donors (Lipinski definition) is 1. The van der Waals surface area contributed by atoms with E-state index in [0.29, 0.717) is 17.5 Å². The first kappa shape index (κ1) is 13.5. The second kappa shape index (κ2) is 5.84. The molecule has 2 aromatic rings. The molecule has 1 N–H and O–H groups in total. The minimum Gasteiger partial charge on any atom is -0.467 e. The van der Waals surface area contributed by atoms with Gasteiger partial charge < -0.3 is 15.0 Å². The summed E-state index contributed by atoms with van der Waals surface area (Å²) >= 11 is 0. The number of anilines is 3. The van der Waals surface area contributed by atoms with Gasteiger partial charge in [-0.1, -0.05) is 6.07 Å². The van der Waals surface area contributed by atoms with E-state index in [0.717, 1.165) is 5.69 Å². The molecule has 0 bridgehead atoms. The van der Waals surface area contributed by atoms with Crippen molar-refractivity contribution in [3.8, 4) is 12.1 Å². The number of aromatic nitrogens is 3. The summed E-state index contributed by atoms with van der Waals surface area (Å²) in [5, 5.41) is 11.8. The Hall–Kier alpha value is -2.88. The van der Waals surface area contributed by atoms with E-state index in [1.54, 1.807) is 24.1 Å². The van der Waals surface area contributed by atoms with Gasteiger partial charge in [-0.15, -0.1) is 0 Å². The molecular weight excluding hydrogens is 256 g/mol. The molecule has 7 nitrogen and oxygen atoms in total. The van der Waals surface area contributed by atoms with Crippen LogP contribution in [0.4, 0.5) is 17.6 Å². The van der Waals surface area contributed by atoms with Crippen LogP contribution < -0.4 is 15.0 Å². The second-order valence-corrected chi connectivity index (χ2v) is 3.92. The molecule has 7 heteroatoms. The topological polar surface area (TPSA) is 87.0 Å². The number of ether oxygens (including phenoxy) is 1.